The highest BCUT2D eigenvalue weighted by Crippen LogP contribution is 2.42. The monoisotopic (exact) mass is 151 g/mol. The lowest BCUT2D eigenvalue weighted by atomic mass is 9.84. The molecule has 2 aliphatic rings. The van der Waals surface area contributed by atoms with Crippen molar-refractivity contribution in [2.75, 3.05) is 13.6 Å². The fraction of sp³-hybridized carbons (Fsp3) is 0.667. The van der Waals surface area contributed by atoms with E-state index in [9.17, 15) is 4.79 Å². The molecule has 0 unspecified atom stereocenters. The van der Waals surface area contributed by atoms with Gasteiger partial charge in [-0.05, 0) is 19.3 Å². The van der Waals surface area contributed by atoms with Crippen LogP contribution < -0.4 is 0 Å². The molecule has 1 spiro atoms. The molecule has 0 atom stereocenters. The molecule has 1 heterocycles. The van der Waals surface area contributed by atoms with Gasteiger partial charge < -0.3 is 4.90 Å². The highest BCUT2D eigenvalue weighted by Gasteiger charge is 2.44. The number of hydrogen-bond acceptors (Lipinski definition) is 1. The maximum absolute atomic E-state index is 11.6. The lowest BCUT2D eigenvalue weighted by molar-refractivity contribution is -0.134. The number of nitrogens with zero attached hydrogens (tertiary/aromatic N) is 1. The van der Waals surface area contributed by atoms with E-state index in [1.165, 1.54) is 0 Å². The van der Waals surface area contributed by atoms with Crippen LogP contribution in [0.25, 0.3) is 0 Å². The number of carbonyl (C=O) groups is 1. The summed E-state index contributed by atoms with van der Waals surface area (Å²) in [6, 6.07) is 0. The summed E-state index contributed by atoms with van der Waals surface area (Å²) in [6.45, 7) is 0.945. The van der Waals surface area contributed by atoms with Gasteiger partial charge in [0.2, 0.25) is 5.91 Å². The predicted octanol–water partition coefficient (Wildman–Crippen LogP) is 1.18. The van der Waals surface area contributed by atoms with Crippen molar-refractivity contribution in [2.45, 2.75) is 19.3 Å². The molecule has 1 aliphatic heterocycles. The van der Waals surface area contributed by atoms with Gasteiger partial charge in [-0.3, -0.25) is 4.79 Å². The summed E-state index contributed by atoms with van der Waals surface area (Å²) in [7, 11) is 1.90. The van der Waals surface area contributed by atoms with Gasteiger partial charge in [0.05, 0.1) is 5.41 Å². The molecule has 0 bridgehead atoms. The molecular formula is C9H13NO. The smallest absolute Gasteiger partial charge is 0.229 e. The van der Waals surface area contributed by atoms with Crippen LogP contribution in [0.3, 0.4) is 0 Å². The Hall–Kier alpha value is -0.790. The van der Waals surface area contributed by atoms with E-state index in [-0.39, 0.29) is 5.41 Å². The lowest BCUT2D eigenvalue weighted by Crippen LogP contribution is -2.30. The molecule has 60 valence electrons. The second-order valence-electron chi connectivity index (χ2n) is 3.64. The maximum Gasteiger partial charge on any atom is 0.229 e. The minimum absolute atomic E-state index is 0.00521. The van der Waals surface area contributed by atoms with Crippen LogP contribution in [0.2, 0.25) is 0 Å². The topological polar surface area (TPSA) is 20.3 Å². The van der Waals surface area contributed by atoms with Gasteiger partial charge in [0.1, 0.15) is 0 Å². The summed E-state index contributed by atoms with van der Waals surface area (Å²) in [4.78, 5) is 13.5. The Morgan fingerprint density at radius 2 is 2.09 bits per heavy atom. The number of carbonyl (C=O) groups excluding carboxylic acids is 1. The molecule has 1 saturated heterocycles. The highest BCUT2D eigenvalue weighted by atomic mass is 16.2. The quantitative estimate of drug-likeness (QED) is 0.476. The summed E-state index contributed by atoms with van der Waals surface area (Å²) >= 11 is 0. The van der Waals surface area contributed by atoms with Crippen molar-refractivity contribution in [3.05, 3.63) is 12.2 Å². The Morgan fingerprint density at radius 1 is 1.45 bits per heavy atom. The highest BCUT2D eigenvalue weighted by molar-refractivity contribution is 5.85. The number of rotatable bonds is 0. The molecule has 0 N–H and O–H groups in total. The zero-order chi connectivity index (χ0) is 7.90. The first-order valence-corrected chi connectivity index (χ1v) is 4.15. The summed E-state index contributed by atoms with van der Waals surface area (Å²) in [6.07, 6.45) is 7.26. The Kier molecular flexibility index (Phi) is 1.31. The largest absolute Gasteiger partial charge is 0.345 e. The van der Waals surface area contributed by atoms with Crippen LogP contribution in [0, 0.1) is 5.41 Å². The minimum Gasteiger partial charge on any atom is -0.345 e. The summed E-state index contributed by atoms with van der Waals surface area (Å²) < 4.78 is 0. The number of likely N-dealkylation sites (tertiary alicyclic amines) is 1. The molecule has 0 aromatic carbocycles. The summed E-state index contributed by atoms with van der Waals surface area (Å²) in [5, 5.41) is 0. The normalized spacial score (nSPS) is 27.4. The first kappa shape index (κ1) is 6.89. The van der Waals surface area contributed by atoms with Gasteiger partial charge in [0.25, 0.3) is 0 Å². The molecule has 1 fully saturated rings. The van der Waals surface area contributed by atoms with Gasteiger partial charge >= 0.3 is 0 Å². The first-order valence-electron chi connectivity index (χ1n) is 4.15. The van der Waals surface area contributed by atoms with Crippen LogP contribution in [0.1, 0.15) is 19.3 Å². The SMILES string of the molecule is CN1CCC2(CC=CC2)C1=O. The lowest BCUT2D eigenvalue weighted by Gasteiger charge is -2.19. The van der Waals surface area contributed by atoms with Crippen molar-refractivity contribution < 1.29 is 4.79 Å². The van der Waals surface area contributed by atoms with E-state index in [0.29, 0.717) is 5.91 Å². The van der Waals surface area contributed by atoms with Gasteiger partial charge in [-0.15, -0.1) is 0 Å². The van der Waals surface area contributed by atoms with E-state index >= 15 is 0 Å². The standard InChI is InChI=1S/C9H13NO/c1-10-7-6-9(8(10)11)4-2-3-5-9/h2-3H,4-7H2,1H3. The van der Waals surface area contributed by atoms with E-state index in [2.05, 4.69) is 12.2 Å². The van der Waals surface area contributed by atoms with E-state index in [1.807, 2.05) is 11.9 Å². The summed E-state index contributed by atoms with van der Waals surface area (Å²) in [5.74, 6) is 0.350. The molecule has 0 saturated carbocycles. The van der Waals surface area contributed by atoms with Crippen LogP contribution in [0.5, 0.6) is 0 Å². The third kappa shape index (κ3) is 0.817. The van der Waals surface area contributed by atoms with Crippen LogP contribution in [-0.4, -0.2) is 24.4 Å². The van der Waals surface area contributed by atoms with Gasteiger partial charge in [-0.2, -0.15) is 0 Å². The van der Waals surface area contributed by atoms with Crippen molar-refractivity contribution in [1.82, 2.24) is 4.90 Å². The predicted molar refractivity (Wildman–Crippen MR) is 43.1 cm³/mol. The molecule has 1 amide bonds. The van der Waals surface area contributed by atoms with Gasteiger partial charge in [0, 0.05) is 13.6 Å². The van der Waals surface area contributed by atoms with Gasteiger partial charge in [-0.25, -0.2) is 0 Å². The molecule has 0 aromatic heterocycles. The average Bonchev–Trinajstić information content (AvgIpc) is 2.56. The number of amides is 1. The molecular weight excluding hydrogens is 138 g/mol. The van der Waals surface area contributed by atoms with Crippen molar-refractivity contribution >= 4 is 5.91 Å². The molecule has 2 nitrogen and oxygen atoms in total. The van der Waals surface area contributed by atoms with Gasteiger partial charge in [0.15, 0.2) is 0 Å². The van der Waals surface area contributed by atoms with E-state index in [1.54, 1.807) is 0 Å². The zero-order valence-corrected chi connectivity index (χ0v) is 6.84. The Labute approximate surface area is 66.9 Å². The number of hydrogen-bond donors (Lipinski definition) is 0. The van der Waals surface area contributed by atoms with Crippen molar-refractivity contribution in [3.8, 4) is 0 Å². The molecule has 11 heavy (non-hydrogen) atoms. The van der Waals surface area contributed by atoms with E-state index in [0.717, 1.165) is 25.8 Å². The Morgan fingerprint density at radius 3 is 2.55 bits per heavy atom. The third-order valence-electron chi connectivity index (χ3n) is 2.91. The van der Waals surface area contributed by atoms with Crippen LogP contribution in [0.4, 0.5) is 0 Å². The molecule has 0 aromatic rings. The molecule has 2 heteroatoms. The first-order chi connectivity index (χ1) is 5.25. The fourth-order valence-electron chi connectivity index (χ4n) is 2.08. The molecule has 0 radical (unpaired) electrons. The summed E-state index contributed by atoms with van der Waals surface area (Å²) in [5.41, 5.74) is -0.00521. The molecule has 2 rings (SSSR count). The van der Waals surface area contributed by atoms with Crippen LogP contribution in [-0.2, 0) is 4.79 Å². The van der Waals surface area contributed by atoms with Crippen LogP contribution >= 0.6 is 0 Å². The average molecular weight is 151 g/mol. The second kappa shape index (κ2) is 2.10. The molecule has 1 aliphatic carbocycles. The Balaban J connectivity index is 2.22. The van der Waals surface area contributed by atoms with Crippen molar-refractivity contribution in [2.24, 2.45) is 5.41 Å². The minimum atomic E-state index is -0.00521. The van der Waals surface area contributed by atoms with Crippen molar-refractivity contribution in [1.29, 1.82) is 0 Å². The Bertz CT molecular complexity index is 212. The second-order valence-corrected chi connectivity index (χ2v) is 3.64. The van der Waals surface area contributed by atoms with Crippen LogP contribution in [0.15, 0.2) is 12.2 Å². The third-order valence-corrected chi connectivity index (χ3v) is 2.91. The van der Waals surface area contributed by atoms with Gasteiger partial charge in [-0.1, -0.05) is 12.2 Å². The van der Waals surface area contributed by atoms with E-state index in [4.69, 9.17) is 0 Å². The van der Waals surface area contributed by atoms with E-state index < -0.39 is 0 Å². The fourth-order valence-corrected chi connectivity index (χ4v) is 2.08. The zero-order valence-electron chi connectivity index (χ0n) is 6.84. The van der Waals surface area contributed by atoms with Crippen molar-refractivity contribution in [3.63, 3.8) is 0 Å². The number of allylic oxidation sites excluding steroid dienone is 2. The maximum atomic E-state index is 11.6.